The molecule has 7 heteroatoms. The molecule has 0 fully saturated rings. The van der Waals surface area contributed by atoms with Crippen molar-refractivity contribution in [1.82, 2.24) is 4.90 Å². The second kappa shape index (κ2) is 7.55. The van der Waals surface area contributed by atoms with E-state index < -0.39 is 24.5 Å². The van der Waals surface area contributed by atoms with Gasteiger partial charge in [-0.25, -0.2) is 14.1 Å². The number of nitrogens with one attached hydrogen (secondary N) is 1. The molecular weight excluding hydrogens is 375 g/mol. The zero-order chi connectivity index (χ0) is 20.4. The number of halogens is 1. The number of fused-ring (bicyclic) bond motifs is 1. The quantitative estimate of drug-likeness (QED) is 0.527. The maximum absolute atomic E-state index is 13.1. The average Bonchev–Trinajstić information content (AvgIpc) is 2.99. The third-order valence-electron chi connectivity index (χ3n) is 4.47. The molecule has 29 heavy (non-hydrogen) atoms. The maximum atomic E-state index is 13.1. The molecule has 0 radical (unpaired) electrons. The molecule has 4 rings (SSSR count). The van der Waals surface area contributed by atoms with Crippen LogP contribution in [0.15, 0.2) is 72.8 Å². The van der Waals surface area contributed by atoms with Crippen LogP contribution in [-0.4, -0.2) is 29.4 Å². The zero-order valence-corrected chi connectivity index (χ0v) is 15.1. The van der Waals surface area contributed by atoms with E-state index in [1.807, 2.05) is 0 Å². The molecule has 0 saturated heterocycles. The number of imide groups is 1. The fourth-order valence-electron chi connectivity index (χ4n) is 3.02. The smallest absolute Gasteiger partial charge is 0.341 e. The number of benzene rings is 3. The molecular formula is C22H15FN2O4. The van der Waals surface area contributed by atoms with Crippen LogP contribution in [0.5, 0.6) is 0 Å². The van der Waals surface area contributed by atoms with Gasteiger partial charge in [0, 0.05) is 5.69 Å². The Morgan fingerprint density at radius 2 is 1.45 bits per heavy atom. The van der Waals surface area contributed by atoms with Crippen LogP contribution in [0.4, 0.5) is 15.8 Å². The highest BCUT2D eigenvalue weighted by Gasteiger charge is 2.35. The summed E-state index contributed by atoms with van der Waals surface area (Å²) in [6, 6.07) is 18.7. The predicted molar refractivity (Wildman–Crippen MR) is 103 cm³/mol. The summed E-state index contributed by atoms with van der Waals surface area (Å²) < 4.78 is 18.3. The predicted octanol–water partition coefficient (Wildman–Crippen LogP) is 3.98. The lowest BCUT2D eigenvalue weighted by molar-refractivity contribution is 0.0229. The highest BCUT2D eigenvalue weighted by atomic mass is 19.1. The number of carbonyl (C=O) groups is 3. The fraction of sp³-hybridized carbons (Fsp3) is 0.0455. The molecule has 0 spiro atoms. The molecule has 0 unspecified atom stereocenters. The van der Waals surface area contributed by atoms with Crippen molar-refractivity contribution in [2.45, 2.75) is 0 Å². The molecule has 0 saturated carbocycles. The van der Waals surface area contributed by atoms with Gasteiger partial charge in [-0.3, -0.25) is 9.59 Å². The van der Waals surface area contributed by atoms with Crippen molar-refractivity contribution in [2.24, 2.45) is 0 Å². The van der Waals surface area contributed by atoms with Crippen molar-refractivity contribution in [2.75, 3.05) is 12.0 Å². The third kappa shape index (κ3) is 3.58. The van der Waals surface area contributed by atoms with E-state index in [-0.39, 0.29) is 22.5 Å². The SMILES string of the molecule is O=C(OCN1C(=O)c2ccccc2C1=O)c1ccccc1Nc1ccc(F)cc1. The number of ether oxygens (including phenoxy) is 1. The fourth-order valence-corrected chi connectivity index (χ4v) is 3.02. The monoisotopic (exact) mass is 390 g/mol. The van der Waals surface area contributed by atoms with E-state index in [0.29, 0.717) is 11.4 Å². The van der Waals surface area contributed by atoms with Gasteiger partial charge in [0.2, 0.25) is 0 Å². The lowest BCUT2D eigenvalue weighted by Gasteiger charge is -2.15. The summed E-state index contributed by atoms with van der Waals surface area (Å²) in [5.74, 6) is -2.08. The third-order valence-corrected chi connectivity index (χ3v) is 4.47. The second-order valence-electron chi connectivity index (χ2n) is 6.32. The first-order chi connectivity index (χ1) is 14.0. The molecule has 0 bridgehead atoms. The minimum absolute atomic E-state index is 0.216. The molecule has 3 aromatic carbocycles. The van der Waals surface area contributed by atoms with Gasteiger partial charge < -0.3 is 10.1 Å². The van der Waals surface area contributed by atoms with Gasteiger partial charge in [-0.15, -0.1) is 0 Å². The number of esters is 1. The van der Waals surface area contributed by atoms with Gasteiger partial charge in [0.05, 0.1) is 22.4 Å². The van der Waals surface area contributed by atoms with E-state index in [1.165, 1.54) is 24.3 Å². The summed E-state index contributed by atoms with van der Waals surface area (Å²) in [5, 5.41) is 3.03. The Balaban J connectivity index is 1.48. The molecule has 0 atom stereocenters. The zero-order valence-electron chi connectivity index (χ0n) is 15.1. The Labute approximate surface area is 165 Å². The summed E-state index contributed by atoms with van der Waals surface area (Å²) >= 11 is 0. The van der Waals surface area contributed by atoms with E-state index in [1.54, 1.807) is 48.5 Å². The molecule has 2 amide bonds. The minimum atomic E-state index is -0.702. The molecule has 1 heterocycles. The number of para-hydroxylation sites is 1. The first kappa shape index (κ1) is 18.4. The van der Waals surface area contributed by atoms with Crippen molar-refractivity contribution in [3.05, 3.63) is 95.3 Å². The van der Waals surface area contributed by atoms with Crippen LogP contribution >= 0.6 is 0 Å². The number of amides is 2. The summed E-state index contributed by atoms with van der Waals surface area (Å²) in [7, 11) is 0. The summed E-state index contributed by atoms with van der Waals surface area (Å²) in [6.07, 6.45) is 0. The van der Waals surface area contributed by atoms with Crippen molar-refractivity contribution in [3.8, 4) is 0 Å². The molecule has 0 aliphatic carbocycles. The average molecular weight is 390 g/mol. The largest absolute Gasteiger partial charge is 0.440 e. The number of nitrogens with zero attached hydrogens (tertiary/aromatic N) is 1. The second-order valence-corrected chi connectivity index (χ2v) is 6.32. The van der Waals surface area contributed by atoms with Crippen LogP contribution in [-0.2, 0) is 4.74 Å². The topological polar surface area (TPSA) is 75.7 Å². The molecule has 6 nitrogen and oxygen atoms in total. The Morgan fingerprint density at radius 3 is 2.10 bits per heavy atom. The van der Waals surface area contributed by atoms with Gasteiger partial charge in [0.25, 0.3) is 11.8 Å². The molecule has 3 aromatic rings. The molecule has 1 aliphatic rings. The van der Waals surface area contributed by atoms with Crippen molar-refractivity contribution >= 4 is 29.2 Å². The first-order valence-electron chi connectivity index (χ1n) is 8.78. The minimum Gasteiger partial charge on any atom is -0.440 e. The number of rotatable bonds is 5. The van der Waals surface area contributed by atoms with Crippen molar-refractivity contribution in [3.63, 3.8) is 0 Å². The van der Waals surface area contributed by atoms with Crippen LogP contribution in [0.2, 0.25) is 0 Å². The summed E-state index contributed by atoms with van der Waals surface area (Å²) in [4.78, 5) is 38.2. The van der Waals surface area contributed by atoms with Crippen molar-refractivity contribution in [1.29, 1.82) is 0 Å². The van der Waals surface area contributed by atoms with Crippen molar-refractivity contribution < 1.29 is 23.5 Å². The highest BCUT2D eigenvalue weighted by molar-refractivity contribution is 6.21. The van der Waals surface area contributed by atoms with Gasteiger partial charge in [-0.2, -0.15) is 0 Å². The van der Waals surface area contributed by atoms with E-state index >= 15 is 0 Å². The van der Waals surface area contributed by atoms with Crippen LogP contribution in [0.25, 0.3) is 0 Å². The first-order valence-corrected chi connectivity index (χ1v) is 8.78. The standard InChI is InChI=1S/C22H15FN2O4/c23-14-9-11-15(12-10-14)24-19-8-4-3-7-18(19)22(28)29-13-25-20(26)16-5-1-2-6-17(16)21(25)27/h1-12,24H,13H2. The normalized spacial score (nSPS) is 12.7. The number of carbonyl (C=O) groups excluding carboxylic acids is 3. The Kier molecular flexibility index (Phi) is 4.78. The van der Waals surface area contributed by atoms with Gasteiger partial charge >= 0.3 is 5.97 Å². The van der Waals surface area contributed by atoms with Gasteiger partial charge in [-0.05, 0) is 48.5 Å². The Hall–Kier alpha value is -4.00. The summed E-state index contributed by atoms with van der Waals surface area (Å²) in [6.45, 7) is -0.490. The molecule has 1 aliphatic heterocycles. The van der Waals surface area contributed by atoms with E-state index in [4.69, 9.17) is 4.74 Å². The molecule has 1 N–H and O–H groups in total. The number of hydrogen-bond donors (Lipinski definition) is 1. The van der Waals surface area contributed by atoms with Crippen LogP contribution in [0.3, 0.4) is 0 Å². The van der Waals surface area contributed by atoms with Crippen LogP contribution in [0.1, 0.15) is 31.1 Å². The van der Waals surface area contributed by atoms with Gasteiger partial charge in [-0.1, -0.05) is 24.3 Å². The highest BCUT2D eigenvalue weighted by Crippen LogP contribution is 2.24. The molecule has 144 valence electrons. The lowest BCUT2D eigenvalue weighted by Crippen LogP contribution is -2.33. The number of anilines is 2. The van der Waals surface area contributed by atoms with Gasteiger partial charge in [0.15, 0.2) is 6.73 Å². The number of hydrogen-bond acceptors (Lipinski definition) is 5. The Bertz CT molecular complexity index is 1080. The van der Waals surface area contributed by atoms with Crippen LogP contribution in [0, 0.1) is 5.82 Å². The Morgan fingerprint density at radius 1 is 0.862 bits per heavy atom. The lowest BCUT2D eigenvalue weighted by atomic mass is 10.1. The summed E-state index contributed by atoms with van der Waals surface area (Å²) in [5.41, 5.74) is 1.82. The molecule has 0 aromatic heterocycles. The van der Waals surface area contributed by atoms with Crippen LogP contribution < -0.4 is 5.32 Å². The van der Waals surface area contributed by atoms with E-state index in [9.17, 15) is 18.8 Å². The van der Waals surface area contributed by atoms with E-state index in [2.05, 4.69) is 5.32 Å². The maximum Gasteiger partial charge on any atom is 0.341 e. The van der Waals surface area contributed by atoms with E-state index in [0.717, 1.165) is 4.90 Å². The van der Waals surface area contributed by atoms with Gasteiger partial charge in [0.1, 0.15) is 5.82 Å².